The van der Waals surface area contributed by atoms with Crippen LogP contribution in [0.25, 0.3) is 0 Å². The van der Waals surface area contributed by atoms with Crippen LogP contribution in [0.4, 0.5) is 5.69 Å². The van der Waals surface area contributed by atoms with E-state index >= 15 is 0 Å². The minimum Gasteiger partial charge on any atom is -0.550 e. The molecule has 1 aliphatic rings. The lowest BCUT2D eigenvalue weighted by atomic mass is 9.82. The first-order valence-electron chi connectivity index (χ1n) is 8.43. The van der Waals surface area contributed by atoms with Crippen molar-refractivity contribution in [1.82, 2.24) is 0 Å². The zero-order valence-electron chi connectivity index (χ0n) is 13.9. The number of hydrogen-bond acceptors (Lipinski definition) is 3. The standard InChI is InChI=1S/C21H21NO3/c23-20(18-13-7-8-14-19(18)21(24)25)22(17-11-5-2-6-12-17)15-16-9-3-1-4-10-16/h1-12,18-19H,13-15H2,(H,24,25)/p-1/t18-,19-/m1/s1. The Morgan fingerprint density at radius 3 is 2.04 bits per heavy atom. The quantitative estimate of drug-likeness (QED) is 0.790. The molecule has 4 heteroatoms. The molecule has 2 aromatic rings. The van der Waals surface area contributed by atoms with E-state index in [1.54, 1.807) is 4.90 Å². The summed E-state index contributed by atoms with van der Waals surface area (Å²) in [6.07, 6.45) is 4.46. The van der Waals surface area contributed by atoms with E-state index in [4.69, 9.17) is 0 Å². The molecule has 2 atom stereocenters. The molecule has 0 heterocycles. The minimum absolute atomic E-state index is 0.173. The summed E-state index contributed by atoms with van der Waals surface area (Å²) in [5.41, 5.74) is 1.76. The van der Waals surface area contributed by atoms with Crippen LogP contribution < -0.4 is 10.0 Å². The second-order valence-corrected chi connectivity index (χ2v) is 6.22. The van der Waals surface area contributed by atoms with Crippen LogP contribution in [-0.4, -0.2) is 11.9 Å². The van der Waals surface area contributed by atoms with Crippen molar-refractivity contribution in [2.75, 3.05) is 4.90 Å². The van der Waals surface area contributed by atoms with Crippen molar-refractivity contribution in [3.8, 4) is 0 Å². The van der Waals surface area contributed by atoms with E-state index in [0.717, 1.165) is 11.3 Å². The number of benzene rings is 2. The maximum atomic E-state index is 13.2. The van der Waals surface area contributed by atoms with E-state index in [-0.39, 0.29) is 5.91 Å². The zero-order valence-corrected chi connectivity index (χ0v) is 13.9. The predicted octanol–water partition coefficient (Wildman–Crippen LogP) is 2.55. The van der Waals surface area contributed by atoms with E-state index < -0.39 is 17.8 Å². The number of carboxylic acids is 1. The second-order valence-electron chi connectivity index (χ2n) is 6.22. The molecule has 2 aromatic carbocycles. The van der Waals surface area contributed by atoms with Gasteiger partial charge in [-0.25, -0.2) is 0 Å². The first kappa shape index (κ1) is 17.0. The van der Waals surface area contributed by atoms with Crippen LogP contribution in [0.2, 0.25) is 0 Å². The first-order valence-corrected chi connectivity index (χ1v) is 8.43. The van der Waals surface area contributed by atoms with Gasteiger partial charge in [-0.2, -0.15) is 0 Å². The topological polar surface area (TPSA) is 60.4 Å². The fourth-order valence-corrected chi connectivity index (χ4v) is 3.22. The lowest BCUT2D eigenvalue weighted by molar-refractivity contribution is -0.313. The SMILES string of the molecule is O=C([O-])[C@@H]1CC=CC[C@H]1C(=O)N(Cc1ccccc1)c1ccccc1. The monoisotopic (exact) mass is 334 g/mol. The summed E-state index contributed by atoms with van der Waals surface area (Å²) >= 11 is 0. The van der Waals surface area contributed by atoms with Crippen LogP contribution in [0.1, 0.15) is 18.4 Å². The Bertz CT molecular complexity index is 755. The van der Waals surface area contributed by atoms with Crippen molar-refractivity contribution in [2.45, 2.75) is 19.4 Å². The number of aliphatic carboxylic acids is 1. The lowest BCUT2D eigenvalue weighted by Crippen LogP contribution is -2.45. The van der Waals surface area contributed by atoms with Crippen molar-refractivity contribution >= 4 is 17.6 Å². The molecule has 0 N–H and O–H groups in total. The van der Waals surface area contributed by atoms with Gasteiger partial charge < -0.3 is 14.8 Å². The summed E-state index contributed by atoms with van der Waals surface area (Å²) in [5, 5.41) is 11.5. The molecule has 1 amide bonds. The Hall–Kier alpha value is -2.88. The molecule has 0 spiro atoms. The average molecular weight is 334 g/mol. The zero-order chi connectivity index (χ0) is 17.6. The van der Waals surface area contributed by atoms with Gasteiger partial charge in [0.15, 0.2) is 0 Å². The highest BCUT2D eigenvalue weighted by Gasteiger charge is 2.33. The molecule has 25 heavy (non-hydrogen) atoms. The molecule has 0 aliphatic heterocycles. The van der Waals surface area contributed by atoms with Gasteiger partial charge in [-0.3, -0.25) is 4.79 Å². The number of rotatable bonds is 5. The Morgan fingerprint density at radius 2 is 1.44 bits per heavy atom. The highest BCUT2D eigenvalue weighted by Crippen LogP contribution is 2.30. The molecule has 0 aromatic heterocycles. The van der Waals surface area contributed by atoms with Crippen LogP contribution in [-0.2, 0) is 16.1 Å². The Morgan fingerprint density at radius 1 is 0.880 bits per heavy atom. The van der Waals surface area contributed by atoms with Crippen LogP contribution >= 0.6 is 0 Å². The minimum atomic E-state index is -1.16. The van der Waals surface area contributed by atoms with Crippen LogP contribution in [0.15, 0.2) is 72.8 Å². The van der Waals surface area contributed by atoms with Gasteiger partial charge in [-0.05, 0) is 30.5 Å². The van der Waals surface area contributed by atoms with Crippen molar-refractivity contribution < 1.29 is 14.7 Å². The maximum absolute atomic E-state index is 13.2. The number of hydrogen-bond donors (Lipinski definition) is 0. The molecule has 0 saturated heterocycles. The van der Waals surface area contributed by atoms with Crippen LogP contribution in [0.3, 0.4) is 0 Å². The summed E-state index contributed by atoms with van der Waals surface area (Å²) in [7, 11) is 0. The predicted molar refractivity (Wildman–Crippen MR) is 94.4 cm³/mol. The smallest absolute Gasteiger partial charge is 0.231 e. The number of carboxylic acid groups (broad SMARTS) is 1. The van der Waals surface area contributed by atoms with E-state index in [1.807, 2.05) is 72.8 Å². The number of carbonyl (C=O) groups is 2. The van der Waals surface area contributed by atoms with Gasteiger partial charge in [-0.1, -0.05) is 60.7 Å². The van der Waals surface area contributed by atoms with Gasteiger partial charge in [0.1, 0.15) is 0 Å². The van der Waals surface area contributed by atoms with Crippen molar-refractivity contribution in [3.63, 3.8) is 0 Å². The summed E-state index contributed by atoms with van der Waals surface area (Å²) in [5.74, 6) is -2.71. The third kappa shape index (κ3) is 3.97. The molecule has 4 nitrogen and oxygen atoms in total. The molecule has 3 rings (SSSR count). The number of anilines is 1. The molecule has 0 saturated carbocycles. The van der Waals surface area contributed by atoms with E-state index in [0.29, 0.717) is 19.4 Å². The maximum Gasteiger partial charge on any atom is 0.231 e. The highest BCUT2D eigenvalue weighted by atomic mass is 16.4. The summed E-state index contributed by atoms with van der Waals surface area (Å²) in [4.78, 5) is 26.4. The summed E-state index contributed by atoms with van der Waals surface area (Å²) in [6, 6.07) is 19.1. The Kier molecular flexibility index (Phi) is 5.29. The molecule has 1 aliphatic carbocycles. The van der Waals surface area contributed by atoms with Crippen molar-refractivity contribution in [1.29, 1.82) is 0 Å². The van der Waals surface area contributed by atoms with Gasteiger partial charge in [0, 0.05) is 17.6 Å². The molecule has 0 radical (unpaired) electrons. The highest BCUT2D eigenvalue weighted by molar-refractivity contribution is 5.97. The number of nitrogens with zero attached hydrogens (tertiary/aromatic N) is 1. The third-order valence-corrected chi connectivity index (χ3v) is 4.57. The van der Waals surface area contributed by atoms with Crippen LogP contribution in [0, 0.1) is 11.8 Å². The molecular formula is C21H20NO3-. The van der Waals surface area contributed by atoms with Crippen molar-refractivity contribution in [2.24, 2.45) is 11.8 Å². The van der Waals surface area contributed by atoms with E-state index in [9.17, 15) is 14.7 Å². The van der Waals surface area contributed by atoms with Gasteiger partial charge in [-0.15, -0.1) is 0 Å². The van der Waals surface area contributed by atoms with Gasteiger partial charge in [0.2, 0.25) is 5.91 Å². The Labute approximate surface area is 147 Å². The fourth-order valence-electron chi connectivity index (χ4n) is 3.22. The largest absolute Gasteiger partial charge is 0.550 e. The van der Waals surface area contributed by atoms with Crippen molar-refractivity contribution in [3.05, 3.63) is 78.4 Å². The molecule has 0 bridgehead atoms. The third-order valence-electron chi connectivity index (χ3n) is 4.57. The molecule has 0 fully saturated rings. The average Bonchev–Trinajstić information content (AvgIpc) is 2.67. The Balaban J connectivity index is 1.92. The van der Waals surface area contributed by atoms with Gasteiger partial charge in [0.05, 0.1) is 12.5 Å². The first-order chi connectivity index (χ1) is 12.2. The molecular weight excluding hydrogens is 314 g/mol. The molecule has 128 valence electrons. The lowest BCUT2D eigenvalue weighted by Gasteiger charge is -2.33. The molecule has 0 unspecified atom stereocenters. The van der Waals surface area contributed by atoms with E-state index in [2.05, 4.69) is 0 Å². The van der Waals surface area contributed by atoms with Crippen LogP contribution in [0.5, 0.6) is 0 Å². The van der Waals surface area contributed by atoms with E-state index in [1.165, 1.54) is 0 Å². The number of para-hydroxylation sites is 1. The number of allylic oxidation sites excluding steroid dienone is 2. The fraction of sp³-hybridized carbons (Fsp3) is 0.238. The van der Waals surface area contributed by atoms with Gasteiger partial charge >= 0.3 is 0 Å². The summed E-state index contributed by atoms with van der Waals surface area (Å²) < 4.78 is 0. The number of carbonyl (C=O) groups excluding carboxylic acids is 2. The van der Waals surface area contributed by atoms with Gasteiger partial charge in [0.25, 0.3) is 0 Å². The summed E-state index contributed by atoms with van der Waals surface area (Å²) in [6.45, 7) is 0.406. The normalized spacial score (nSPS) is 19.4. The number of amides is 1. The second kappa shape index (κ2) is 7.79.